The summed E-state index contributed by atoms with van der Waals surface area (Å²) < 4.78 is 0.975. The maximum atomic E-state index is 9.70. The largest absolute Gasteiger partial charge is 0.395 e. The van der Waals surface area contributed by atoms with Crippen molar-refractivity contribution in [3.05, 3.63) is 28.2 Å². The van der Waals surface area contributed by atoms with Gasteiger partial charge in [-0.15, -0.1) is 0 Å². The molecule has 3 nitrogen and oxygen atoms in total. The number of aliphatic hydroxyl groups is 2. The third kappa shape index (κ3) is 3.20. The summed E-state index contributed by atoms with van der Waals surface area (Å²) in [5, 5.41) is 18.7. The summed E-state index contributed by atoms with van der Waals surface area (Å²) in [5.74, 6) is 0. The Labute approximate surface area is 105 Å². The smallest absolute Gasteiger partial charge is 0.0782 e. The van der Waals surface area contributed by atoms with Crippen molar-refractivity contribution in [1.29, 1.82) is 0 Å². The molecule has 0 heterocycles. The second kappa shape index (κ2) is 6.23. The number of hydrogen-bond acceptors (Lipinski definition) is 3. The van der Waals surface area contributed by atoms with E-state index in [1.165, 1.54) is 0 Å². The Balaban J connectivity index is 3.11. The third-order valence-corrected chi connectivity index (χ3v) is 3.03. The van der Waals surface area contributed by atoms with Crippen LogP contribution >= 0.6 is 15.9 Å². The normalized spacial score (nSPS) is 12.6. The summed E-state index contributed by atoms with van der Waals surface area (Å²) in [4.78, 5) is 2.05. The monoisotopic (exact) mass is 287 g/mol. The average molecular weight is 288 g/mol. The molecule has 0 saturated carbocycles. The Hall–Kier alpha value is -0.580. The second-order valence-electron chi connectivity index (χ2n) is 3.68. The van der Waals surface area contributed by atoms with Gasteiger partial charge in [0.05, 0.1) is 12.7 Å². The molecule has 90 valence electrons. The molecular weight excluding hydrogens is 270 g/mol. The Kier molecular flexibility index (Phi) is 5.25. The molecule has 1 aromatic carbocycles. The van der Waals surface area contributed by atoms with Gasteiger partial charge in [-0.1, -0.05) is 22.0 Å². The van der Waals surface area contributed by atoms with Crippen molar-refractivity contribution >= 4 is 21.6 Å². The van der Waals surface area contributed by atoms with E-state index in [4.69, 9.17) is 5.11 Å². The van der Waals surface area contributed by atoms with E-state index in [1.807, 2.05) is 30.0 Å². The van der Waals surface area contributed by atoms with E-state index < -0.39 is 6.10 Å². The van der Waals surface area contributed by atoms with E-state index in [9.17, 15) is 5.11 Å². The van der Waals surface area contributed by atoms with Crippen molar-refractivity contribution in [1.82, 2.24) is 0 Å². The van der Waals surface area contributed by atoms with Crippen LogP contribution in [0.2, 0.25) is 0 Å². The highest BCUT2D eigenvalue weighted by molar-refractivity contribution is 9.10. The number of benzene rings is 1. The Morgan fingerprint density at radius 2 is 2.12 bits per heavy atom. The van der Waals surface area contributed by atoms with Gasteiger partial charge in [-0.3, -0.25) is 0 Å². The SMILES string of the molecule is CCN(CCO)c1cc(Br)ccc1C(C)O. The molecule has 0 spiro atoms. The summed E-state index contributed by atoms with van der Waals surface area (Å²) in [6.07, 6.45) is -0.504. The van der Waals surface area contributed by atoms with Crippen molar-refractivity contribution in [2.75, 3.05) is 24.6 Å². The molecule has 0 aliphatic carbocycles. The van der Waals surface area contributed by atoms with Gasteiger partial charge in [0.15, 0.2) is 0 Å². The fourth-order valence-electron chi connectivity index (χ4n) is 1.71. The highest BCUT2D eigenvalue weighted by Crippen LogP contribution is 2.29. The summed E-state index contributed by atoms with van der Waals surface area (Å²) >= 11 is 3.42. The minimum Gasteiger partial charge on any atom is -0.395 e. The van der Waals surface area contributed by atoms with Gasteiger partial charge in [-0.25, -0.2) is 0 Å². The lowest BCUT2D eigenvalue weighted by Crippen LogP contribution is -2.27. The van der Waals surface area contributed by atoms with E-state index in [1.54, 1.807) is 6.92 Å². The average Bonchev–Trinajstić information content (AvgIpc) is 2.25. The number of halogens is 1. The van der Waals surface area contributed by atoms with Crippen molar-refractivity contribution in [3.63, 3.8) is 0 Å². The van der Waals surface area contributed by atoms with Crippen LogP contribution in [0.4, 0.5) is 5.69 Å². The predicted octanol–water partition coefficient (Wildman–Crippen LogP) is 2.32. The first-order valence-electron chi connectivity index (χ1n) is 5.43. The summed E-state index contributed by atoms with van der Waals surface area (Å²) in [7, 11) is 0. The van der Waals surface area contributed by atoms with Crippen molar-refractivity contribution < 1.29 is 10.2 Å². The van der Waals surface area contributed by atoms with Gasteiger partial charge in [0.25, 0.3) is 0 Å². The van der Waals surface area contributed by atoms with Gasteiger partial charge in [0.1, 0.15) is 0 Å². The molecule has 0 fully saturated rings. The molecule has 0 aliphatic heterocycles. The van der Waals surface area contributed by atoms with Crippen LogP contribution < -0.4 is 4.90 Å². The molecule has 0 radical (unpaired) electrons. The van der Waals surface area contributed by atoms with Crippen LogP contribution in [0.5, 0.6) is 0 Å². The molecule has 0 saturated heterocycles. The first-order valence-corrected chi connectivity index (χ1v) is 6.22. The zero-order chi connectivity index (χ0) is 12.1. The number of likely N-dealkylation sites (N-methyl/N-ethyl adjacent to an activating group) is 1. The van der Waals surface area contributed by atoms with Crippen LogP contribution in [-0.2, 0) is 0 Å². The molecule has 2 N–H and O–H groups in total. The zero-order valence-electron chi connectivity index (χ0n) is 9.65. The number of nitrogens with zero attached hydrogens (tertiary/aromatic N) is 1. The lowest BCUT2D eigenvalue weighted by Gasteiger charge is -2.26. The van der Waals surface area contributed by atoms with Crippen LogP contribution in [0.25, 0.3) is 0 Å². The van der Waals surface area contributed by atoms with Crippen LogP contribution in [-0.4, -0.2) is 29.9 Å². The van der Waals surface area contributed by atoms with Gasteiger partial charge in [-0.2, -0.15) is 0 Å². The number of aliphatic hydroxyl groups excluding tert-OH is 2. The molecule has 4 heteroatoms. The van der Waals surface area contributed by atoms with Gasteiger partial charge in [0.2, 0.25) is 0 Å². The lowest BCUT2D eigenvalue weighted by atomic mass is 10.1. The zero-order valence-corrected chi connectivity index (χ0v) is 11.2. The molecular formula is C12H18BrNO2. The molecule has 1 rings (SSSR count). The summed E-state index contributed by atoms with van der Waals surface area (Å²) in [6.45, 7) is 5.27. The van der Waals surface area contributed by atoms with Crippen molar-refractivity contribution in [2.45, 2.75) is 20.0 Å². The highest BCUT2D eigenvalue weighted by Gasteiger charge is 2.13. The van der Waals surface area contributed by atoms with Crippen LogP contribution in [0.3, 0.4) is 0 Å². The topological polar surface area (TPSA) is 43.7 Å². The van der Waals surface area contributed by atoms with E-state index in [0.29, 0.717) is 6.54 Å². The summed E-state index contributed by atoms with van der Waals surface area (Å²) in [5.41, 5.74) is 1.86. The Bertz CT molecular complexity index is 342. The van der Waals surface area contributed by atoms with Crippen molar-refractivity contribution in [3.8, 4) is 0 Å². The minimum absolute atomic E-state index is 0.111. The molecule has 16 heavy (non-hydrogen) atoms. The van der Waals surface area contributed by atoms with Gasteiger partial charge < -0.3 is 15.1 Å². The third-order valence-electron chi connectivity index (χ3n) is 2.53. The number of anilines is 1. The molecule has 1 aromatic rings. The van der Waals surface area contributed by atoms with Crippen LogP contribution in [0.1, 0.15) is 25.5 Å². The molecule has 0 aromatic heterocycles. The maximum absolute atomic E-state index is 9.70. The fourth-order valence-corrected chi connectivity index (χ4v) is 2.06. The van der Waals surface area contributed by atoms with Gasteiger partial charge in [-0.05, 0) is 26.0 Å². The molecule has 0 aliphatic rings. The van der Waals surface area contributed by atoms with E-state index in [-0.39, 0.29) is 6.61 Å². The van der Waals surface area contributed by atoms with Gasteiger partial charge in [0, 0.05) is 28.8 Å². The van der Waals surface area contributed by atoms with E-state index >= 15 is 0 Å². The quantitative estimate of drug-likeness (QED) is 0.874. The Morgan fingerprint density at radius 1 is 1.44 bits per heavy atom. The van der Waals surface area contributed by atoms with Crippen LogP contribution in [0, 0.1) is 0 Å². The Morgan fingerprint density at radius 3 is 2.62 bits per heavy atom. The number of rotatable bonds is 5. The maximum Gasteiger partial charge on any atom is 0.0782 e. The van der Waals surface area contributed by atoms with Crippen molar-refractivity contribution in [2.24, 2.45) is 0 Å². The second-order valence-corrected chi connectivity index (χ2v) is 4.60. The van der Waals surface area contributed by atoms with E-state index in [2.05, 4.69) is 15.9 Å². The van der Waals surface area contributed by atoms with Gasteiger partial charge >= 0.3 is 0 Å². The fraction of sp³-hybridized carbons (Fsp3) is 0.500. The molecule has 0 amide bonds. The predicted molar refractivity (Wildman–Crippen MR) is 69.7 cm³/mol. The minimum atomic E-state index is -0.504. The molecule has 1 atom stereocenters. The highest BCUT2D eigenvalue weighted by atomic mass is 79.9. The standard InChI is InChI=1S/C12H18BrNO2/c1-3-14(6-7-15)12-8-10(13)4-5-11(12)9(2)16/h4-5,8-9,15-16H,3,6-7H2,1-2H3. The first kappa shape index (κ1) is 13.5. The van der Waals surface area contributed by atoms with Crippen LogP contribution in [0.15, 0.2) is 22.7 Å². The number of hydrogen-bond donors (Lipinski definition) is 2. The lowest BCUT2D eigenvalue weighted by molar-refractivity contribution is 0.199. The summed E-state index contributed by atoms with van der Waals surface area (Å²) in [6, 6.07) is 5.80. The van der Waals surface area contributed by atoms with E-state index in [0.717, 1.165) is 22.3 Å². The first-order chi connectivity index (χ1) is 7.60. The molecule has 0 bridgehead atoms. The molecule has 1 unspecified atom stereocenters.